The third-order valence-electron chi connectivity index (χ3n) is 6.07. The van der Waals surface area contributed by atoms with Crippen molar-refractivity contribution in [3.05, 3.63) is 35.5 Å². The maximum atomic E-state index is 15.5. The van der Waals surface area contributed by atoms with Crippen molar-refractivity contribution in [2.45, 2.75) is 65.6 Å². The molecule has 220 valence electrons. The van der Waals surface area contributed by atoms with Crippen molar-refractivity contribution >= 4 is 35.1 Å². The molecule has 2 atom stereocenters. The van der Waals surface area contributed by atoms with Crippen LogP contribution in [0.5, 0.6) is 0 Å². The Morgan fingerprint density at radius 3 is 2.45 bits per heavy atom. The van der Waals surface area contributed by atoms with Gasteiger partial charge in [0.15, 0.2) is 23.3 Å². The summed E-state index contributed by atoms with van der Waals surface area (Å²) >= 11 is 0. The highest BCUT2D eigenvalue weighted by Gasteiger charge is 2.26. The van der Waals surface area contributed by atoms with Gasteiger partial charge in [0.1, 0.15) is 11.4 Å². The molecule has 2 aromatic rings. The van der Waals surface area contributed by atoms with Gasteiger partial charge in [-0.25, -0.2) is 23.5 Å². The van der Waals surface area contributed by atoms with E-state index in [1.54, 1.807) is 32.6 Å². The lowest BCUT2D eigenvalue weighted by atomic mass is 9.98. The molecule has 13 heteroatoms. The minimum atomic E-state index is -0.943. The number of anilines is 4. The number of rotatable bonds is 10. The van der Waals surface area contributed by atoms with Gasteiger partial charge in [-0.05, 0) is 52.2 Å². The molecule has 3 heterocycles. The molecular weight excluding hydrogens is 524 g/mol. The normalized spacial score (nSPS) is 15.4. The number of carbonyl (C=O) groups excluding carboxylic acids is 2. The zero-order valence-electron chi connectivity index (χ0n) is 23.8. The lowest BCUT2D eigenvalue weighted by molar-refractivity contribution is 0.0501. The Morgan fingerprint density at radius 1 is 1.18 bits per heavy atom. The molecule has 1 saturated heterocycles. The number of ether oxygens (including phenoxy) is 2. The summed E-state index contributed by atoms with van der Waals surface area (Å²) in [5, 5.41) is 8.61. The van der Waals surface area contributed by atoms with Gasteiger partial charge >= 0.3 is 6.09 Å². The van der Waals surface area contributed by atoms with Crippen LogP contribution >= 0.6 is 0 Å². The average molecular weight is 564 g/mol. The summed E-state index contributed by atoms with van der Waals surface area (Å²) in [6.07, 6.45) is 1.35. The number of nitrogens with one attached hydrogen (secondary N) is 3. The Labute approximate surface area is 233 Å². The minimum Gasteiger partial charge on any atom is -0.444 e. The zero-order valence-corrected chi connectivity index (χ0v) is 23.8. The highest BCUT2D eigenvalue weighted by atomic mass is 19.1. The lowest BCUT2D eigenvalue weighted by Gasteiger charge is -2.29. The Balaban J connectivity index is 1.91. The van der Waals surface area contributed by atoms with Crippen LogP contribution in [0.1, 0.15) is 58.3 Å². The summed E-state index contributed by atoms with van der Waals surface area (Å²) in [4.78, 5) is 34.7. The molecule has 1 fully saturated rings. The molecule has 11 nitrogen and oxygen atoms in total. The third-order valence-corrected chi connectivity index (χ3v) is 6.07. The molecular formula is C27H39F2N7O4. The number of pyridine rings is 2. The predicted molar refractivity (Wildman–Crippen MR) is 149 cm³/mol. The molecule has 2 amide bonds. The van der Waals surface area contributed by atoms with Crippen molar-refractivity contribution < 1.29 is 27.8 Å². The fourth-order valence-electron chi connectivity index (χ4n) is 4.19. The van der Waals surface area contributed by atoms with E-state index in [0.29, 0.717) is 32.7 Å². The Hall–Kier alpha value is -3.74. The van der Waals surface area contributed by atoms with Gasteiger partial charge < -0.3 is 36.1 Å². The van der Waals surface area contributed by atoms with Crippen LogP contribution in [-0.4, -0.2) is 66.0 Å². The molecule has 0 unspecified atom stereocenters. The number of morpholine rings is 1. The van der Waals surface area contributed by atoms with Gasteiger partial charge in [0.05, 0.1) is 24.5 Å². The number of hydrogen-bond acceptors (Lipinski definition) is 9. The number of nitrogens with two attached hydrogens (primary N) is 1. The van der Waals surface area contributed by atoms with Crippen molar-refractivity contribution in [3.8, 4) is 0 Å². The van der Waals surface area contributed by atoms with Gasteiger partial charge in [-0.3, -0.25) is 4.79 Å². The summed E-state index contributed by atoms with van der Waals surface area (Å²) in [6, 6.07) is 1.38. The number of primary amides is 1. The summed E-state index contributed by atoms with van der Waals surface area (Å²) in [5.41, 5.74) is 4.54. The van der Waals surface area contributed by atoms with Crippen LogP contribution in [0.25, 0.3) is 0 Å². The maximum absolute atomic E-state index is 15.5. The number of nitrogens with zero attached hydrogens (tertiary/aromatic N) is 3. The van der Waals surface area contributed by atoms with Crippen molar-refractivity contribution in [2.75, 3.05) is 41.8 Å². The average Bonchev–Trinajstić information content (AvgIpc) is 2.85. The number of carbonyl (C=O) groups is 2. The van der Waals surface area contributed by atoms with Gasteiger partial charge in [-0.15, -0.1) is 0 Å². The van der Waals surface area contributed by atoms with E-state index >= 15 is 8.78 Å². The molecule has 1 aliphatic rings. The standard InChI is InChI=1S/C27H39F2N7O4/c1-15(2)13-20(16(3)32-26(38)40-27(4,5)6)34-24-18(28)14-17(22(30)37)23(35-24)33-19-7-8-31-25(21(19)29)36-9-11-39-12-10-36/h7-8,14-16,20H,9-13H2,1-6H3,(H2,30,37)(H,32,38)(H2,31,33,34,35)/t16-,20+/m0/s1. The second-order valence-electron chi connectivity index (χ2n) is 11.1. The number of amides is 2. The van der Waals surface area contributed by atoms with E-state index in [1.807, 2.05) is 13.8 Å². The molecule has 1 aliphatic heterocycles. The van der Waals surface area contributed by atoms with Crippen LogP contribution in [0.3, 0.4) is 0 Å². The van der Waals surface area contributed by atoms with E-state index in [4.69, 9.17) is 15.2 Å². The van der Waals surface area contributed by atoms with E-state index in [1.165, 1.54) is 12.3 Å². The highest BCUT2D eigenvalue weighted by Crippen LogP contribution is 2.29. The molecule has 0 aliphatic carbocycles. The monoisotopic (exact) mass is 563 g/mol. The maximum Gasteiger partial charge on any atom is 0.407 e. The number of halogens is 2. The molecule has 0 saturated carbocycles. The van der Waals surface area contributed by atoms with Crippen LogP contribution < -0.4 is 26.6 Å². The summed E-state index contributed by atoms with van der Waals surface area (Å²) in [7, 11) is 0. The van der Waals surface area contributed by atoms with Crippen LogP contribution in [-0.2, 0) is 9.47 Å². The first-order valence-electron chi connectivity index (χ1n) is 13.3. The lowest BCUT2D eigenvalue weighted by Crippen LogP contribution is -2.47. The summed E-state index contributed by atoms with van der Waals surface area (Å²) in [6.45, 7) is 12.8. The number of hydrogen-bond donors (Lipinski definition) is 4. The Kier molecular flexibility index (Phi) is 10.1. The molecule has 40 heavy (non-hydrogen) atoms. The van der Waals surface area contributed by atoms with Crippen LogP contribution in [0.4, 0.5) is 36.7 Å². The number of alkyl carbamates (subject to hydrolysis) is 1. The fourth-order valence-corrected chi connectivity index (χ4v) is 4.19. The van der Waals surface area contributed by atoms with Gasteiger partial charge in [0.25, 0.3) is 5.91 Å². The zero-order chi connectivity index (χ0) is 29.6. The number of aromatic nitrogens is 2. The quantitative estimate of drug-likeness (QED) is 0.335. The van der Waals surface area contributed by atoms with E-state index in [-0.39, 0.29) is 34.6 Å². The second kappa shape index (κ2) is 13.1. The molecule has 0 bridgehead atoms. The Bertz CT molecular complexity index is 1200. The van der Waals surface area contributed by atoms with Gasteiger partial charge in [-0.1, -0.05) is 13.8 Å². The first-order valence-corrected chi connectivity index (χ1v) is 13.3. The second-order valence-corrected chi connectivity index (χ2v) is 11.1. The molecule has 5 N–H and O–H groups in total. The van der Waals surface area contributed by atoms with Gasteiger partial charge in [0.2, 0.25) is 0 Å². The van der Waals surface area contributed by atoms with E-state index in [0.717, 1.165) is 6.07 Å². The highest BCUT2D eigenvalue weighted by molar-refractivity contribution is 5.98. The van der Waals surface area contributed by atoms with E-state index in [9.17, 15) is 9.59 Å². The first-order chi connectivity index (χ1) is 18.7. The van der Waals surface area contributed by atoms with Crippen molar-refractivity contribution in [2.24, 2.45) is 11.7 Å². The van der Waals surface area contributed by atoms with E-state index in [2.05, 4.69) is 25.9 Å². The van der Waals surface area contributed by atoms with Crippen LogP contribution in [0, 0.1) is 17.6 Å². The van der Waals surface area contributed by atoms with Crippen molar-refractivity contribution in [1.82, 2.24) is 15.3 Å². The SMILES string of the molecule is CC(C)C[C@@H](Nc1nc(Nc2ccnc(N3CCOCC3)c2F)c(C(N)=O)cc1F)[C@H](C)NC(=O)OC(C)(C)C. The summed E-state index contributed by atoms with van der Waals surface area (Å²) < 4.78 is 41.3. The minimum absolute atomic E-state index is 0.0114. The Morgan fingerprint density at radius 2 is 1.85 bits per heavy atom. The third kappa shape index (κ3) is 8.38. The predicted octanol–water partition coefficient (Wildman–Crippen LogP) is 4.17. The van der Waals surface area contributed by atoms with Crippen LogP contribution in [0.15, 0.2) is 18.3 Å². The van der Waals surface area contributed by atoms with Gasteiger partial charge in [-0.2, -0.15) is 0 Å². The topological polar surface area (TPSA) is 144 Å². The van der Waals surface area contributed by atoms with Crippen LogP contribution in [0.2, 0.25) is 0 Å². The van der Waals surface area contributed by atoms with Gasteiger partial charge in [0, 0.05) is 31.4 Å². The summed E-state index contributed by atoms with van der Waals surface area (Å²) in [5.74, 6) is -2.47. The molecule has 0 radical (unpaired) electrons. The molecule has 0 aromatic carbocycles. The largest absolute Gasteiger partial charge is 0.444 e. The molecule has 2 aromatic heterocycles. The van der Waals surface area contributed by atoms with Crippen molar-refractivity contribution in [3.63, 3.8) is 0 Å². The molecule has 3 rings (SSSR count). The fraction of sp³-hybridized carbons (Fsp3) is 0.556. The van der Waals surface area contributed by atoms with Crippen molar-refractivity contribution in [1.29, 1.82) is 0 Å². The molecule has 0 spiro atoms. The smallest absolute Gasteiger partial charge is 0.407 e. The van der Waals surface area contributed by atoms with E-state index < -0.39 is 41.3 Å². The first kappa shape index (κ1) is 30.8.